The van der Waals surface area contributed by atoms with Crippen LogP contribution >= 0.6 is 0 Å². The Morgan fingerprint density at radius 1 is 0.921 bits per heavy atom. The van der Waals surface area contributed by atoms with Gasteiger partial charge in [0.15, 0.2) is 0 Å². The molecule has 2 N–H and O–H groups in total. The number of hydrogen-bond donors (Lipinski definition) is 2. The van der Waals surface area contributed by atoms with E-state index in [4.69, 9.17) is 4.74 Å². The highest BCUT2D eigenvalue weighted by molar-refractivity contribution is 5.90. The second-order valence-electron chi connectivity index (χ2n) is 9.82. The normalized spacial score (nSPS) is 14.8. The largest absolute Gasteiger partial charge is 0.481 e. The van der Waals surface area contributed by atoms with Gasteiger partial charge in [0.2, 0.25) is 0 Å². The van der Waals surface area contributed by atoms with E-state index in [-0.39, 0.29) is 5.92 Å². The summed E-state index contributed by atoms with van der Waals surface area (Å²) >= 11 is 0. The average molecular weight is 510 g/mol. The van der Waals surface area contributed by atoms with Crippen LogP contribution in [0.15, 0.2) is 85.1 Å². The van der Waals surface area contributed by atoms with Crippen molar-refractivity contribution in [3.8, 4) is 22.3 Å². The Labute approximate surface area is 222 Å². The van der Waals surface area contributed by atoms with Crippen LogP contribution in [0.4, 0.5) is 10.6 Å². The quantitative estimate of drug-likeness (QED) is 0.266. The Morgan fingerprint density at radius 2 is 1.53 bits per heavy atom. The monoisotopic (exact) mass is 509 g/mol. The van der Waals surface area contributed by atoms with Crippen LogP contribution in [0.2, 0.25) is 0 Å². The van der Waals surface area contributed by atoms with E-state index in [1.165, 1.54) is 0 Å². The molecule has 0 aliphatic heterocycles. The van der Waals surface area contributed by atoms with E-state index in [9.17, 15) is 14.7 Å². The molecule has 1 heterocycles. The van der Waals surface area contributed by atoms with Gasteiger partial charge in [-0.25, -0.2) is 4.79 Å². The molecule has 2 atom stereocenters. The molecule has 1 saturated carbocycles. The maximum atomic E-state index is 12.6. The second-order valence-corrected chi connectivity index (χ2v) is 9.82. The molecule has 1 aliphatic rings. The van der Waals surface area contributed by atoms with Crippen LogP contribution in [0.25, 0.3) is 22.3 Å². The molecule has 3 aromatic carbocycles. The predicted octanol–water partition coefficient (Wildman–Crippen LogP) is 7.03. The van der Waals surface area contributed by atoms with Gasteiger partial charge in [0, 0.05) is 12.6 Å². The van der Waals surface area contributed by atoms with Gasteiger partial charge in [-0.2, -0.15) is 5.10 Å². The third-order valence-electron chi connectivity index (χ3n) is 7.40. The maximum Gasteiger partial charge on any atom is 0.413 e. The Kier molecular flexibility index (Phi) is 7.26. The number of carboxylic acids is 1. The predicted molar refractivity (Wildman–Crippen MR) is 147 cm³/mol. The third kappa shape index (κ3) is 5.32. The summed E-state index contributed by atoms with van der Waals surface area (Å²) in [7, 11) is 1.77. The summed E-state index contributed by atoms with van der Waals surface area (Å²) in [5, 5.41) is 16.9. The lowest BCUT2D eigenvalue weighted by atomic mass is 9.73. The molecule has 194 valence electrons. The summed E-state index contributed by atoms with van der Waals surface area (Å²) < 4.78 is 7.18. The summed E-state index contributed by atoms with van der Waals surface area (Å²) in [5.74, 6) is -0.396. The Balaban J connectivity index is 1.29. The molecule has 1 fully saturated rings. The molecular formula is C31H31N3O4. The van der Waals surface area contributed by atoms with E-state index in [1.807, 2.05) is 85.8 Å². The molecule has 0 spiro atoms. The number of hydrogen-bond acceptors (Lipinski definition) is 4. The smallest absolute Gasteiger partial charge is 0.413 e. The molecule has 1 aromatic heterocycles. The van der Waals surface area contributed by atoms with Gasteiger partial charge in [-0.15, -0.1) is 0 Å². The van der Waals surface area contributed by atoms with Gasteiger partial charge >= 0.3 is 12.1 Å². The van der Waals surface area contributed by atoms with Gasteiger partial charge in [0.25, 0.3) is 0 Å². The van der Waals surface area contributed by atoms with E-state index < -0.39 is 24.1 Å². The summed E-state index contributed by atoms with van der Waals surface area (Å²) in [4.78, 5) is 24.5. The Hall–Kier alpha value is -4.39. The molecule has 4 aromatic rings. The molecule has 38 heavy (non-hydrogen) atoms. The number of aryl methyl sites for hydroxylation is 1. The van der Waals surface area contributed by atoms with Crippen molar-refractivity contribution >= 4 is 17.9 Å². The number of carbonyl (C=O) groups is 2. The standard InChI is InChI=1S/C31H31N3O4/c1-20(21-7-4-3-5-8-21)38-31(37)33-29-27(19-32-34(29)2)24-15-11-22(12-16-24)23-13-17-26(18-14-23)28(30(35)36)25-9-6-10-25/h3-5,7-8,11-20,25,28H,6,9-10H2,1-2H3,(H,33,37)(H,35,36)/t20-,28?/m1/s1. The van der Waals surface area contributed by atoms with Crippen molar-refractivity contribution in [3.63, 3.8) is 0 Å². The van der Waals surface area contributed by atoms with Crippen LogP contribution in [-0.2, 0) is 16.6 Å². The van der Waals surface area contributed by atoms with E-state index in [0.717, 1.165) is 52.6 Å². The molecule has 0 bridgehead atoms. The molecule has 5 rings (SSSR count). The first-order chi connectivity index (χ1) is 18.4. The topological polar surface area (TPSA) is 93.4 Å². The summed E-state index contributed by atoms with van der Waals surface area (Å²) in [6, 6.07) is 25.4. The number of carboxylic acid groups (broad SMARTS) is 1. The number of aromatic nitrogens is 2. The lowest BCUT2D eigenvalue weighted by molar-refractivity contribution is -0.141. The molecule has 1 aliphatic carbocycles. The van der Waals surface area contributed by atoms with E-state index in [0.29, 0.717) is 5.82 Å². The zero-order valence-electron chi connectivity index (χ0n) is 21.5. The van der Waals surface area contributed by atoms with Crippen LogP contribution in [0.5, 0.6) is 0 Å². The minimum Gasteiger partial charge on any atom is -0.481 e. The van der Waals surface area contributed by atoms with Gasteiger partial charge < -0.3 is 9.84 Å². The minimum absolute atomic E-state index is 0.235. The van der Waals surface area contributed by atoms with Crippen LogP contribution in [0.3, 0.4) is 0 Å². The molecule has 0 radical (unpaired) electrons. The first-order valence-corrected chi connectivity index (χ1v) is 12.9. The van der Waals surface area contributed by atoms with Gasteiger partial charge in [0.05, 0.1) is 12.1 Å². The molecule has 0 saturated heterocycles. The fraction of sp³-hybridized carbons (Fsp3) is 0.258. The molecule has 7 heteroatoms. The third-order valence-corrected chi connectivity index (χ3v) is 7.40. The van der Waals surface area contributed by atoms with Gasteiger partial charge in [0.1, 0.15) is 11.9 Å². The fourth-order valence-corrected chi connectivity index (χ4v) is 4.99. The number of ether oxygens (including phenoxy) is 1. The van der Waals surface area contributed by atoms with E-state index in [2.05, 4.69) is 10.4 Å². The number of anilines is 1. The maximum absolute atomic E-state index is 12.6. The van der Waals surface area contributed by atoms with Crippen LogP contribution < -0.4 is 5.32 Å². The van der Waals surface area contributed by atoms with Crippen molar-refractivity contribution in [2.24, 2.45) is 13.0 Å². The summed E-state index contributed by atoms with van der Waals surface area (Å²) in [5.41, 5.74) is 5.50. The number of nitrogens with one attached hydrogen (secondary N) is 1. The van der Waals surface area contributed by atoms with E-state index in [1.54, 1.807) is 17.9 Å². The van der Waals surface area contributed by atoms with Crippen molar-refractivity contribution in [2.45, 2.75) is 38.2 Å². The van der Waals surface area contributed by atoms with Gasteiger partial charge in [-0.1, -0.05) is 85.3 Å². The van der Waals surface area contributed by atoms with Crippen molar-refractivity contribution in [1.29, 1.82) is 0 Å². The number of nitrogens with zero attached hydrogens (tertiary/aromatic N) is 2. The van der Waals surface area contributed by atoms with Crippen molar-refractivity contribution < 1.29 is 19.4 Å². The van der Waals surface area contributed by atoms with Crippen molar-refractivity contribution in [3.05, 3.63) is 96.2 Å². The molecular weight excluding hydrogens is 478 g/mol. The van der Waals surface area contributed by atoms with Crippen molar-refractivity contribution in [2.75, 3.05) is 5.32 Å². The summed E-state index contributed by atoms with van der Waals surface area (Å²) in [6.45, 7) is 1.83. The lowest BCUT2D eigenvalue weighted by Crippen LogP contribution is -2.26. The van der Waals surface area contributed by atoms with Gasteiger partial charge in [-0.3, -0.25) is 14.8 Å². The van der Waals surface area contributed by atoms with E-state index >= 15 is 0 Å². The average Bonchev–Trinajstić information content (AvgIpc) is 3.26. The minimum atomic E-state index is -0.744. The van der Waals surface area contributed by atoms with Crippen LogP contribution in [0.1, 0.15) is 49.3 Å². The molecule has 1 unspecified atom stereocenters. The fourth-order valence-electron chi connectivity index (χ4n) is 4.99. The second kappa shape index (κ2) is 10.9. The lowest BCUT2D eigenvalue weighted by Gasteiger charge is -2.31. The molecule has 7 nitrogen and oxygen atoms in total. The number of rotatable bonds is 8. The zero-order chi connectivity index (χ0) is 26.6. The zero-order valence-corrected chi connectivity index (χ0v) is 21.5. The SMILES string of the molecule is C[C@@H](OC(=O)Nc1c(-c2ccc(-c3ccc(C(C(=O)O)C4CCC4)cc3)cc2)cnn1C)c1ccccc1. The van der Waals surface area contributed by atoms with Crippen LogP contribution in [-0.4, -0.2) is 26.9 Å². The summed E-state index contributed by atoms with van der Waals surface area (Å²) in [6.07, 6.45) is 3.85. The number of carbonyl (C=O) groups excluding carboxylic acids is 1. The highest BCUT2D eigenvalue weighted by atomic mass is 16.6. The van der Waals surface area contributed by atoms with Gasteiger partial charge in [-0.05, 0) is 53.5 Å². The first kappa shape index (κ1) is 25.3. The number of amides is 1. The van der Waals surface area contributed by atoms with Crippen LogP contribution in [0, 0.1) is 5.92 Å². The number of aliphatic carboxylic acids is 1. The number of benzene rings is 3. The Morgan fingerprint density at radius 3 is 2.11 bits per heavy atom. The highest BCUT2D eigenvalue weighted by Gasteiger charge is 2.33. The highest BCUT2D eigenvalue weighted by Crippen LogP contribution is 2.40. The van der Waals surface area contributed by atoms with Crippen molar-refractivity contribution in [1.82, 2.24) is 9.78 Å². The molecule has 1 amide bonds. The Bertz CT molecular complexity index is 1410. The first-order valence-electron chi connectivity index (χ1n) is 12.9.